The third kappa shape index (κ3) is 3.74. The number of hydrogen-bond donors (Lipinski definition) is 1. The first-order chi connectivity index (χ1) is 10.7. The van der Waals surface area contributed by atoms with Gasteiger partial charge in [-0.05, 0) is 25.3 Å². The minimum absolute atomic E-state index is 0.157. The van der Waals surface area contributed by atoms with Crippen LogP contribution in [-0.4, -0.2) is 34.9 Å². The molecule has 0 saturated carbocycles. The van der Waals surface area contributed by atoms with Crippen LogP contribution < -0.4 is 5.32 Å². The van der Waals surface area contributed by atoms with Gasteiger partial charge in [0.25, 0.3) is 5.89 Å². The van der Waals surface area contributed by atoms with Crippen molar-refractivity contribution in [3.63, 3.8) is 0 Å². The summed E-state index contributed by atoms with van der Waals surface area (Å²) >= 11 is 0. The summed E-state index contributed by atoms with van der Waals surface area (Å²) in [7, 11) is 0. The Morgan fingerprint density at radius 3 is 2.68 bits per heavy atom. The van der Waals surface area contributed by atoms with Crippen LogP contribution in [0.2, 0.25) is 0 Å². The van der Waals surface area contributed by atoms with Crippen molar-refractivity contribution < 1.29 is 9.21 Å². The van der Waals surface area contributed by atoms with Gasteiger partial charge in [0.15, 0.2) is 0 Å². The Balaban J connectivity index is 1.46. The van der Waals surface area contributed by atoms with Gasteiger partial charge >= 0.3 is 5.91 Å². The number of carbonyl (C=O) groups excluding carboxylic acids is 1. The fourth-order valence-electron chi connectivity index (χ4n) is 2.78. The molecule has 3 rings (SSSR count). The molecule has 1 fully saturated rings. The Bertz CT molecular complexity index is 616. The van der Waals surface area contributed by atoms with Gasteiger partial charge in [0.05, 0.1) is 6.20 Å². The van der Waals surface area contributed by atoms with E-state index >= 15 is 0 Å². The van der Waals surface area contributed by atoms with Crippen molar-refractivity contribution in [3.8, 4) is 0 Å². The molecular weight excluding hydrogens is 278 g/mol. The second kappa shape index (κ2) is 6.75. The van der Waals surface area contributed by atoms with E-state index in [2.05, 4.69) is 39.5 Å². The number of carbonyl (C=O) groups is 1. The molecule has 5 nitrogen and oxygen atoms in total. The predicted octanol–water partition coefficient (Wildman–Crippen LogP) is 2.38. The fourth-order valence-corrected chi connectivity index (χ4v) is 2.78. The first kappa shape index (κ1) is 14.8. The van der Waals surface area contributed by atoms with Gasteiger partial charge in [-0.1, -0.05) is 30.3 Å². The van der Waals surface area contributed by atoms with E-state index in [1.54, 1.807) is 13.1 Å². The third-order valence-corrected chi connectivity index (χ3v) is 3.99. The molecular formula is C17H21N3O2. The summed E-state index contributed by atoms with van der Waals surface area (Å²) < 4.78 is 5.25. The molecule has 0 radical (unpaired) electrons. The molecule has 1 aromatic carbocycles. The number of rotatable bonds is 4. The predicted molar refractivity (Wildman–Crippen MR) is 83.4 cm³/mol. The lowest BCUT2D eigenvalue weighted by molar-refractivity contribution is 0.0872. The molecule has 2 heterocycles. The number of nitrogens with zero attached hydrogens (tertiary/aromatic N) is 2. The maximum atomic E-state index is 12.0. The monoisotopic (exact) mass is 299 g/mol. The average Bonchev–Trinajstić information content (AvgIpc) is 2.97. The van der Waals surface area contributed by atoms with Crippen LogP contribution in [0.5, 0.6) is 0 Å². The highest BCUT2D eigenvalue weighted by Crippen LogP contribution is 2.14. The first-order valence-corrected chi connectivity index (χ1v) is 7.70. The van der Waals surface area contributed by atoms with Crippen LogP contribution >= 0.6 is 0 Å². The van der Waals surface area contributed by atoms with Crippen LogP contribution in [0, 0.1) is 6.92 Å². The number of hydrogen-bond acceptors (Lipinski definition) is 4. The van der Waals surface area contributed by atoms with Crippen molar-refractivity contribution >= 4 is 5.91 Å². The minimum atomic E-state index is -0.213. The summed E-state index contributed by atoms with van der Waals surface area (Å²) in [5.74, 6) is 0.599. The molecule has 1 aliphatic rings. The van der Waals surface area contributed by atoms with Gasteiger partial charge in [0.1, 0.15) is 5.76 Å². The average molecular weight is 299 g/mol. The molecule has 0 spiro atoms. The quantitative estimate of drug-likeness (QED) is 0.941. The zero-order valence-electron chi connectivity index (χ0n) is 12.8. The minimum Gasteiger partial charge on any atom is -0.438 e. The zero-order chi connectivity index (χ0) is 15.4. The van der Waals surface area contributed by atoms with Gasteiger partial charge in [-0.15, -0.1) is 0 Å². The van der Waals surface area contributed by atoms with Crippen LogP contribution in [0.4, 0.5) is 0 Å². The van der Waals surface area contributed by atoms with Gasteiger partial charge in [-0.2, -0.15) is 0 Å². The molecule has 0 unspecified atom stereocenters. The van der Waals surface area contributed by atoms with Crippen molar-refractivity contribution in [1.82, 2.24) is 15.2 Å². The highest BCUT2D eigenvalue weighted by Gasteiger charge is 2.22. The standard InChI is InChI=1S/C17H21N3O2/c1-13-11-18-17(22-13)16(21)19-15-7-9-20(10-8-15)12-14-5-3-2-4-6-14/h2-6,11,15H,7-10,12H2,1H3,(H,19,21). The zero-order valence-corrected chi connectivity index (χ0v) is 12.8. The fraction of sp³-hybridized carbons (Fsp3) is 0.412. The Morgan fingerprint density at radius 1 is 1.32 bits per heavy atom. The van der Waals surface area contributed by atoms with Gasteiger partial charge in [-0.25, -0.2) is 4.98 Å². The molecule has 1 saturated heterocycles. The topological polar surface area (TPSA) is 58.4 Å². The lowest BCUT2D eigenvalue weighted by Gasteiger charge is -2.32. The Kier molecular flexibility index (Phi) is 4.53. The molecule has 1 aliphatic heterocycles. The smallest absolute Gasteiger partial charge is 0.307 e. The number of amides is 1. The van der Waals surface area contributed by atoms with Crippen LogP contribution in [-0.2, 0) is 6.54 Å². The van der Waals surface area contributed by atoms with Gasteiger partial charge in [0, 0.05) is 25.7 Å². The van der Waals surface area contributed by atoms with E-state index in [1.165, 1.54) is 5.56 Å². The number of aryl methyl sites for hydroxylation is 1. The molecule has 2 aromatic rings. The van der Waals surface area contributed by atoms with Crippen LogP contribution in [0.1, 0.15) is 34.9 Å². The number of benzene rings is 1. The third-order valence-electron chi connectivity index (χ3n) is 3.99. The summed E-state index contributed by atoms with van der Waals surface area (Å²) in [6.45, 7) is 4.74. The number of likely N-dealkylation sites (tertiary alicyclic amines) is 1. The molecule has 0 atom stereocenters. The maximum Gasteiger partial charge on any atom is 0.307 e. The van der Waals surface area contributed by atoms with Crippen LogP contribution in [0.3, 0.4) is 0 Å². The molecule has 1 amide bonds. The van der Waals surface area contributed by atoms with Gasteiger partial charge in [0.2, 0.25) is 0 Å². The number of piperidine rings is 1. The number of nitrogens with one attached hydrogen (secondary N) is 1. The van der Waals surface area contributed by atoms with Crippen molar-refractivity contribution in [1.29, 1.82) is 0 Å². The summed E-state index contributed by atoms with van der Waals surface area (Å²) in [6.07, 6.45) is 3.48. The van der Waals surface area contributed by atoms with Gasteiger partial charge in [-0.3, -0.25) is 9.69 Å². The Morgan fingerprint density at radius 2 is 2.05 bits per heavy atom. The van der Waals surface area contributed by atoms with Crippen LogP contribution in [0.15, 0.2) is 40.9 Å². The molecule has 0 aliphatic carbocycles. The van der Waals surface area contributed by atoms with Crippen molar-refractivity contribution in [2.24, 2.45) is 0 Å². The first-order valence-electron chi connectivity index (χ1n) is 7.70. The van der Waals surface area contributed by atoms with Gasteiger partial charge < -0.3 is 9.73 Å². The Labute approximate surface area is 130 Å². The maximum absolute atomic E-state index is 12.0. The van der Waals surface area contributed by atoms with Crippen molar-refractivity contribution in [3.05, 3.63) is 53.7 Å². The van der Waals surface area contributed by atoms with E-state index in [0.29, 0.717) is 5.76 Å². The highest BCUT2D eigenvalue weighted by molar-refractivity contribution is 5.89. The van der Waals surface area contributed by atoms with E-state index < -0.39 is 0 Å². The molecule has 0 bridgehead atoms. The van der Waals surface area contributed by atoms with E-state index in [4.69, 9.17) is 4.42 Å². The second-order valence-electron chi connectivity index (χ2n) is 5.79. The van der Waals surface area contributed by atoms with Crippen LogP contribution in [0.25, 0.3) is 0 Å². The van der Waals surface area contributed by atoms with E-state index in [1.807, 2.05) is 6.07 Å². The number of oxazole rings is 1. The van der Waals surface area contributed by atoms with Crippen molar-refractivity contribution in [2.45, 2.75) is 32.4 Å². The van der Waals surface area contributed by atoms with E-state index in [-0.39, 0.29) is 17.8 Å². The Hall–Kier alpha value is -2.14. The molecule has 22 heavy (non-hydrogen) atoms. The van der Waals surface area contributed by atoms with E-state index in [9.17, 15) is 4.79 Å². The summed E-state index contributed by atoms with van der Waals surface area (Å²) in [4.78, 5) is 18.4. The SMILES string of the molecule is Cc1cnc(C(=O)NC2CCN(Cc3ccccc3)CC2)o1. The molecule has 1 aromatic heterocycles. The summed E-state index contributed by atoms with van der Waals surface area (Å²) in [5.41, 5.74) is 1.33. The molecule has 116 valence electrons. The highest BCUT2D eigenvalue weighted by atomic mass is 16.4. The molecule has 5 heteroatoms. The summed E-state index contributed by atoms with van der Waals surface area (Å²) in [5, 5.41) is 3.01. The van der Waals surface area contributed by atoms with Crippen molar-refractivity contribution in [2.75, 3.05) is 13.1 Å². The normalized spacial score (nSPS) is 16.6. The lowest BCUT2D eigenvalue weighted by Crippen LogP contribution is -2.44. The molecule has 1 N–H and O–H groups in total. The largest absolute Gasteiger partial charge is 0.438 e. The number of aromatic nitrogens is 1. The lowest BCUT2D eigenvalue weighted by atomic mass is 10.0. The second-order valence-corrected chi connectivity index (χ2v) is 5.79. The summed E-state index contributed by atoms with van der Waals surface area (Å²) in [6, 6.07) is 10.7. The van der Waals surface area contributed by atoms with E-state index in [0.717, 1.165) is 32.5 Å².